The van der Waals surface area contributed by atoms with E-state index in [1.165, 1.54) is 17.7 Å². The van der Waals surface area contributed by atoms with Crippen molar-refractivity contribution < 1.29 is 9.59 Å². The Kier molecular flexibility index (Phi) is 5.82. The average Bonchev–Trinajstić information content (AvgIpc) is 2.94. The van der Waals surface area contributed by atoms with Gasteiger partial charge in [-0.2, -0.15) is 0 Å². The first-order chi connectivity index (χ1) is 13.6. The minimum atomic E-state index is -0.133. The minimum absolute atomic E-state index is 0.0217. The first kappa shape index (κ1) is 19.2. The number of hydrogen-bond acceptors (Lipinski definition) is 4. The molecule has 0 atom stereocenters. The minimum Gasteiger partial charge on any atom is -0.337 e. The number of benzene rings is 1. The van der Waals surface area contributed by atoms with Crippen LogP contribution in [0.3, 0.4) is 0 Å². The third kappa shape index (κ3) is 4.31. The summed E-state index contributed by atoms with van der Waals surface area (Å²) in [5.74, 6) is -0.0217. The molecule has 8 heteroatoms. The van der Waals surface area contributed by atoms with Gasteiger partial charge in [-0.25, -0.2) is 9.78 Å². The molecule has 3 amide bonds. The van der Waals surface area contributed by atoms with Crippen LogP contribution in [0.25, 0.3) is 0 Å². The second-order valence-electron chi connectivity index (χ2n) is 7.17. The summed E-state index contributed by atoms with van der Waals surface area (Å²) in [6.45, 7) is 2.29. The maximum atomic E-state index is 12.7. The van der Waals surface area contributed by atoms with Crippen molar-refractivity contribution in [3.05, 3.63) is 45.4 Å². The summed E-state index contributed by atoms with van der Waals surface area (Å²) in [6, 6.07) is 6.79. The highest BCUT2D eigenvalue weighted by atomic mass is 35.5. The van der Waals surface area contributed by atoms with Crippen molar-refractivity contribution in [1.82, 2.24) is 14.8 Å². The van der Waals surface area contributed by atoms with Gasteiger partial charge in [0.1, 0.15) is 0 Å². The van der Waals surface area contributed by atoms with Crippen LogP contribution in [0.1, 0.15) is 40.2 Å². The number of aromatic nitrogens is 1. The molecule has 148 valence electrons. The lowest BCUT2D eigenvalue weighted by molar-refractivity contribution is 0.0762. The van der Waals surface area contributed by atoms with Crippen LogP contribution >= 0.6 is 22.9 Å². The number of nitrogens with one attached hydrogen (secondary N) is 1. The third-order valence-electron chi connectivity index (χ3n) is 5.22. The van der Waals surface area contributed by atoms with E-state index in [4.69, 9.17) is 11.6 Å². The molecule has 0 unspecified atom stereocenters. The number of urea groups is 1. The zero-order chi connectivity index (χ0) is 19.5. The molecular formula is C20H23ClN4O2S. The quantitative estimate of drug-likeness (QED) is 0.799. The smallest absolute Gasteiger partial charge is 0.323 e. The molecule has 0 saturated carbocycles. The van der Waals surface area contributed by atoms with Crippen LogP contribution in [0.4, 0.5) is 9.93 Å². The van der Waals surface area contributed by atoms with Gasteiger partial charge in [-0.15, -0.1) is 11.3 Å². The van der Waals surface area contributed by atoms with E-state index in [1.54, 1.807) is 45.4 Å². The highest BCUT2D eigenvalue weighted by molar-refractivity contribution is 7.15. The molecule has 2 heterocycles. The van der Waals surface area contributed by atoms with Crippen LogP contribution < -0.4 is 5.32 Å². The summed E-state index contributed by atoms with van der Waals surface area (Å²) < 4.78 is 0. The summed E-state index contributed by atoms with van der Waals surface area (Å²) in [6.07, 6.45) is 5.20. The Labute approximate surface area is 173 Å². The van der Waals surface area contributed by atoms with Gasteiger partial charge in [0.15, 0.2) is 5.13 Å². The summed E-state index contributed by atoms with van der Waals surface area (Å²) in [7, 11) is 0. The lowest BCUT2D eigenvalue weighted by Crippen LogP contribution is -2.39. The monoisotopic (exact) mass is 418 g/mol. The van der Waals surface area contributed by atoms with E-state index in [0.717, 1.165) is 25.0 Å². The van der Waals surface area contributed by atoms with E-state index < -0.39 is 0 Å². The zero-order valence-corrected chi connectivity index (χ0v) is 17.2. The SMILES string of the molecule is O=C(Nc1nc2c(s1)CCCC2)N1CCCN(C(=O)c2ccc(Cl)cc2)CC1. The van der Waals surface area contributed by atoms with Gasteiger partial charge in [-0.1, -0.05) is 11.6 Å². The molecule has 6 nitrogen and oxygen atoms in total. The number of fused-ring (bicyclic) bond motifs is 1. The van der Waals surface area contributed by atoms with Crippen LogP contribution in [-0.4, -0.2) is 52.9 Å². The highest BCUT2D eigenvalue weighted by Crippen LogP contribution is 2.29. The normalized spacial score (nSPS) is 17.0. The summed E-state index contributed by atoms with van der Waals surface area (Å²) in [5.41, 5.74) is 1.76. The van der Waals surface area contributed by atoms with E-state index in [-0.39, 0.29) is 11.9 Å². The fourth-order valence-electron chi connectivity index (χ4n) is 3.67. The number of amides is 3. The van der Waals surface area contributed by atoms with E-state index >= 15 is 0 Å². The molecule has 1 aliphatic carbocycles. The number of nitrogens with zero attached hydrogens (tertiary/aromatic N) is 3. The van der Waals surface area contributed by atoms with E-state index in [2.05, 4.69) is 10.3 Å². The van der Waals surface area contributed by atoms with Gasteiger partial charge >= 0.3 is 6.03 Å². The number of rotatable bonds is 2. The highest BCUT2D eigenvalue weighted by Gasteiger charge is 2.24. The molecule has 1 fully saturated rings. The lowest BCUT2D eigenvalue weighted by Gasteiger charge is -2.22. The second kappa shape index (κ2) is 8.49. The summed E-state index contributed by atoms with van der Waals surface area (Å²) in [4.78, 5) is 34.8. The number of thiazole rings is 1. The van der Waals surface area contributed by atoms with Crippen molar-refractivity contribution in [2.45, 2.75) is 32.1 Å². The average molecular weight is 419 g/mol. The fourth-order valence-corrected chi connectivity index (χ4v) is 4.84. The molecule has 4 rings (SSSR count). The molecule has 1 saturated heterocycles. The molecule has 0 radical (unpaired) electrons. The van der Waals surface area contributed by atoms with Crippen LogP contribution in [0.2, 0.25) is 5.02 Å². The molecule has 2 aromatic rings. The fraction of sp³-hybridized carbons (Fsp3) is 0.450. The largest absolute Gasteiger partial charge is 0.337 e. The van der Waals surface area contributed by atoms with Gasteiger partial charge in [-0.05, 0) is 56.4 Å². The Morgan fingerprint density at radius 3 is 2.46 bits per heavy atom. The molecule has 1 N–H and O–H groups in total. The van der Waals surface area contributed by atoms with Gasteiger partial charge in [0.05, 0.1) is 5.69 Å². The Balaban J connectivity index is 1.35. The molecule has 2 aliphatic rings. The molecule has 0 spiro atoms. The maximum Gasteiger partial charge on any atom is 0.323 e. The second-order valence-corrected chi connectivity index (χ2v) is 8.69. The standard InChI is InChI=1S/C20H23ClN4O2S/c21-15-8-6-14(7-9-15)18(26)24-10-3-11-25(13-12-24)20(27)23-19-22-16-4-1-2-5-17(16)28-19/h6-9H,1-5,10-13H2,(H,22,23,27). The van der Waals surface area contributed by atoms with Crippen molar-refractivity contribution in [1.29, 1.82) is 0 Å². The Hall–Kier alpha value is -2.12. The predicted octanol–water partition coefficient (Wildman–Crippen LogP) is 4.06. The Morgan fingerprint density at radius 2 is 1.68 bits per heavy atom. The van der Waals surface area contributed by atoms with E-state index in [1.807, 2.05) is 0 Å². The first-order valence-corrected chi connectivity index (χ1v) is 10.9. The molecule has 28 heavy (non-hydrogen) atoms. The van der Waals surface area contributed by atoms with Gasteiger partial charge in [0.2, 0.25) is 0 Å². The van der Waals surface area contributed by atoms with Crippen molar-refractivity contribution in [2.24, 2.45) is 0 Å². The number of anilines is 1. The number of hydrogen-bond donors (Lipinski definition) is 1. The van der Waals surface area contributed by atoms with Crippen molar-refractivity contribution in [2.75, 3.05) is 31.5 Å². The molecule has 0 bridgehead atoms. The van der Waals surface area contributed by atoms with Gasteiger partial charge in [-0.3, -0.25) is 10.1 Å². The number of aryl methyl sites for hydroxylation is 2. The summed E-state index contributed by atoms with van der Waals surface area (Å²) >= 11 is 7.49. The zero-order valence-electron chi connectivity index (χ0n) is 15.6. The number of carbonyl (C=O) groups is 2. The summed E-state index contributed by atoms with van der Waals surface area (Å²) in [5, 5.41) is 4.26. The topological polar surface area (TPSA) is 65.5 Å². The first-order valence-electron chi connectivity index (χ1n) is 9.69. The van der Waals surface area contributed by atoms with Crippen LogP contribution in [0.5, 0.6) is 0 Å². The van der Waals surface area contributed by atoms with Crippen molar-refractivity contribution in [3.8, 4) is 0 Å². The van der Waals surface area contributed by atoms with E-state index in [0.29, 0.717) is 41.9 Å². The van der Waals surface area contributed by atoms with Crippen molar-refractivity contribution >= 4 is 40.0 Å². The predicted molar refractivity (Wildman–Crippen MR) is 111 cm³/mol. The molecule has 1 aliphatic heterocycles. The Morgan fingerprint density at radius 1 is 0.964 bits per heavy atom. The number of carbonyl (C=O) groups excluding carboxylic acids is 2. The van der Waals surface area contributed by atoms with Crippen LogP contribution in [0.15, 0.2) is 24.3 Å². The molecular weight excluding hydrogens is 396 g/mol. The van der Waals surface area contributed by atoms with Crippen LogP contribution in [-0.2, 0) is 12.8 Å². The van der Waals surface area contributed by atoms with Crippen molar-refractivity contribution in [3.63, 3.8) is 0 Å². The van der Waals surface area contributed by atoms with Crippen LogP contribution in [0, 0.1) is 0 Å². The molecule has 1 aromatic carbocycles. The van der Waals surface area contributed by atoms with E-state index in [9.17, 15) is 9.59 Å². The lowest BCUT2D eigenvalue weighted by atomic mass is 10.0. The Bertz CT molecular complexity index is 844. The molecule has 1 aromatic heterocycles. The van der Waals surface area contributed by atoms with Gasteiger partial charge in [0.25, 0.3) is 5.91 Å². The number of halogens is 1. The third-order valence-corrected chi connectivity index (χ3v) is 6.55. The van der Waals surface area contributed by atoms with Gasteiger partial charge in [0, 0.05) is 41.6 Å². The maximum absolute atomic E-state index is 12.7. The van der Waals surface area contributed by atoms with Gasteiger partial charge < -0.3 is 9.80 Å².